The molecule has 76 valence electrons. The number of nitrogens with one attached hydrogen (secondary N) is 1. The lowest BCUT2D eigenvalue weighted by Gasteiger charge is -2.35. The van der Waals surface area contributed by atoms with E-state index in [1.807, 2.05) is 6.07 Å². The van der Waals surface area contributed by atoms with Crippen molar-refractivity contribution >= 4 is 11.4 Å². The molecule has 3 nitrogen and oxygen atoms in total. The molecule has 3 heteroatoms. The average Bonchev–Trinajstić information content (AvgIpc) is 2.28. The zero-order valence-electron chi connectivity index (χ0n) is 8.64. The Kier molecular flexibility index (Phi) is 1.71. The molecule has 1 N–H and O–H groups in total. The molecule has 15 heavy (non-hydrogen) atoms. The third-order valence-electron chi connectivity index (χ3n) is 2.75. The maximum absolute atomic E-state index is 3.32. The van der Waals surface area contributed by atoms with Crippen molar-refractivity contribution in [3.8, 4) is 0 Å². The van der Waals surface area contributed by atoms with Gasteiger partial charge in [0.1, 0.15) is 0 Å². The van der Waals surface area contributed by atoms with Gasteiger partial charge in [0.05, 0.1) is 23.6 Å². The van der Waals surface area contributed by atoms with Gasteiger partial charge in [-0.25, -0.2) is 0 Å². The Bertz CT molecular complexity index is 448. The van der Waals surface area contributed by atoms with E-state index >= 15 is 0 Å². The lowest BCUT2D eigenvalue weighted by atomic mass is 10.2. The van der Waals surface area contributed by atoms with Gasteiger partial charge >= 0.3 is 0 Å². The highest BCUT2D eigenvalue weighted by atomic mass is 15.3. The summed E-state index contributed by atoms with van der Waals surface area (Å²) in [6, 6.07) is 8.33. The van der Waals surface area contributed by atoms with E-state index in [-0.39, 0.29) is 0 Å². The summed E-state index contributed by atoms with van der Waals surface area (Å²) in [7, 11) is 2.08. The highest BCUT2D eigenvalue weighted by molar-refractivity contribution is 5.77. The second-order valence-corrected chi connectivity index (χ2v) is 3.88. The van der Waals surface area contributed by atoms with E-state index in [9.17, 15) is 0 Å². The van der Waals surface area contributed by atoms with E-state index in [0.717, 1.165) is 12.2 Å². The minimum absolute atomic E-state index is 0.942. The summed E-state index contributed by atoms with van der Waals surface area (Å²) in [6.07, 6.45) is 6.27. The van der Waals surface area contributed by atoms with Crippen molar-refractivity contribution in [3.05, 3.63) is 48.6 Å². The van der Waals surface area contributed by atoms with Crippen molar-refractivity contribution < 1.29 is 0 Å². The maximum atomic E-state index is 3.32. The average molecular weight is 199 g/mol. The molecule has 0 radical (unpaired) electrons. The summed E-state index contributed by atoms with van der Waals surface area (Å²) in [5, 5.41) is 3.32. The number of hydrogen-bond donors (Lipinski definition) is 1. The lowest BCUT2D eigenvalue weighted by Crippen LogP contribution is -2.33. The fraction of sp³-hybridized carbons (Fsp3) is 0.167. The third-order valence-corrected chi connectivity index (χ3v) is 2.75. The second kappa shape index (κ2) is 3.05. The molecule has 0 aromatic heterocycles. The van der Waals surface area contributed by atoms with Crippen LogP contribution < -0.4 is 10.2 Å². The Morgan fingerprint density at radius 3 is 3.00 bits per heavy atom. The fourth-order valence-electron chi connectivity index (χ4n) is 1.98. The first kappa shape index (κ1) is 8.41. The number of nitrogens with zero attached hydrogens (tertiary/aromatic N) is 2. The Balaban J connectivity index is 2.08. The van der Waals surface area contributed by atoms with E-state index in [0.29, 0.717) is 0 Å². The van der Waals surface area contributed by atoms with Crippen LogP contribution in [0.15, 0.2) is 48.6 Å². The van der Waals surface area contributed by atoms with Crippen LogP contribution in [0.5, 0.6) is 0 Å². The number of hydrogen-bond acceptors (Lipinski definition) is 3. The summed E-state index contributed by atoms with van der Waals surface area (Å²) in [5.74, 6) is 0. The fourth-order valence-corrected chi connectivity index (χ4v) is 1.98. The standard InChI is InChI=1S/C12H13N3/c1-14-6-7-15-10(9-14)8-13-11-4-2-3-5-12(11)15/h2-8,13H,9H2,1H3. The summed E-state index contributed by atoms with van der Waals surface area (Å²) >= 11 is 0. The number of fused-ring (bicyclic) bond motifs is 3. The molecular weight excluding hydrogens is 186 g/mol. The summed E-state index contributed by atoms with van der Waals surface area (Å²) in [6.45, 7) is 0.942. The van der Waals surface area contributed by atoms with E-state index in [1.165, 1.54) is 11.4 Å². The van der Waals surface area contributed by atoms with Gasteiger partial charge in [-0.1, -0.05) is 12.1 Å². The van der Waals surface area contributed by atoms with Crippen LogP contribution in [0.4, 0.5) is 11.4 Å². The van der Waals surface area contributed by atoms with E-state index in [1.54, 1.807) is 0 Å². The van der Waals surface area contributed by atoms with E-state index in [4.69, 9.17) is 0 Å². The molecule has 0 saturated carbocycles. The normalized spacial score (nSPS) is 17.8. The smallest absolute Gasteiger partial charge is 0.0690 e. The van der Waals surface area contributed by atoms with Crippen LogP contribution in [0.1, 0.15) is 0 Å². The van der Waals surface area contributed by atoms with Crippen LogP contribution in [-0.4, -0.2) is 18.5 Å². The number of likely N-dealkylation sites (N-methyl/N-ethyl adjacent to an activating group) is 1. The quantitative estimate of drug-likeness (QED) is 0.691. The first-order valence-corrected chi connectivity index (χ1v) is 5.07. The molecule has 2 aliphatic heterocycles. The van der Waals surface area contributed by atoms with Gasteiger partial charge in [0, 0.05) is 25.6 Å². The molecule has 0 amide bonds. The van der Waals surface area contributed by atoms with Gasteiger partial charge in [0.25, 0.3) is 0 Å². The largest absolute Gasteiger partial charge is 0.373 e. The summed E-state index contributed by atoms with van der Waals surface area (Å²) in [5.41, 5.74) is 3.66. The van der Waals surface area contributed by atoms with Gasteiger partial charge in [0.2, 0.25) is 0 Å². The highest BCUT2D eigenvalue weighted by Crippen LogP contribution is 2.33. The summed E-state index contributed by atoms with van der Waals surface area (Å²) in [4.78, 5) is 4.39. The van der Waals surface area contributed by atoms with Crippen molar-refractivity contribution in [3.63, 3.8) is 0 Å². The monoisotopic (exact) mass is 199 g/mol. The number of para-hydroxylation sites is 2. The predicted molar refractivity (Wildman–Crippen MR) is 62.4 cm³/mol. The van der Waals surface area contributed by atoms with Gasteiger partial charge in [-0.2, -0.15) is 0 Å². The molecule has 0 saturated heterocycles. The van der Waals surface area contributed by atoms with Gasteiger partial charge in [-0.05, 0) is 12.1 Å². The molecule has 2 heterocycles. The van der Waals surface area contributed by atoms with Crippen LogP contribution >= 0.6 is 0 Å². The van der Waals surface area contributed by atoms with E-state index < -0.39 is 0 Å². The van der Waals surface area contributed by atoms with E-state index in [2.05, 4.69) is 59.0 Å². The number of rotatable bonds is 0. The molecule has 3 rings (SSSR count). The molecule has 0 spiro atoms. The van der Waals surface area contributed by atoms with Crippen LogP contribution in [0.2, 0.25) is 0 Å². The third kappa shape index (κ3) is 1.28. The lowest BCUT2D eigenvalue weighted by molar-refractivity contribution is 0.477. The zero-order valence-corrected chi connectivity index (χ0v) is 8.64. The maximum Gasteiger partial charge on any atom is 0.0690 e. The van der Waals surface area contributed by atoms with Crippen molar-refractivity contribution in [1.29, 1.82) is 0 Å². The van der Waals surface area contributed by atoms with Crippen LogP contribution in [-0.2, 0) is 0 Å². The molecule has 1 aromatic rings. The van der Waals surface area contributed by atoms with Crippen molar-refractivity contribution in [2.75, 3.05) is 23.8 Å². The van der Waals surface area contributed by atoms with Crippen LogP contribution in [0.3, 0.4) is 0 Å². The van der Waals surface area contributed by atoms with Gasteiger partial charge in [0.15, 0.2) is 0 Å². The molecule has 0 aliphatic carbocycles. The Hall–Kier alpha value is -1.90. The zero-order chi connectivity index (χ0) is 10.3. The second-order valence-electron chi connectivity index (χ2n) is 3.88. The van der Waals surface area contributed by atoms with Gasteiger partial charge in [-0.3, -0.25) is 0 Å². The molecule has 0 fully saturated rings. The van der Waals surface area contributed by atoms with Crippen molar-refractivity contribution in [2.24, 2.45) is 0 Å². The minimum Gasteiger partial charge on any atom is -0.373 e. The Labute approximate surface area is 89.3 Å². The van der Waals surface area contributed by atoms with Crippen LogP contribution in [0.25, 0.3) is 0 Å². The highest BCUT2D eigenvalue weighted by Gasteiger charge is 2.20. The first-order valence-electron chi connectivity index (χ1n) is 5.07. The van der Waals surface area contributed by atoms with Gasteiger partial charge in [-0.15, -0.1) is 0 Å². The SMILES string of the molecule is CN1C=CN2C(=CNc3ccccc32)C1. The topological polar surface area (TPSA) is 18.5 Å². The Morgan fingerprint density at radius 1 is 1.20 bits per heavy atom. The minimum atomic E-state index is 0.942. The molecule has 0 bridgehead atoms. The van der Waals surface area contributed by atoms with Gasteiger partial charge < -0.3 is 15.1 Å². The Morgan fingerprint density at radius 2 is 2.07 bits per heavy atom. The predicted octanol–water partition coefficient (Wildman–Crippen LogP) is 2.18. The molecule has 1 aromatic carbocycles. The molecule has 2 aliphatic rings. The summed E-state index contributed by atoms with van der Waals surface area (Å²) < 4.78 is 0. The van der Waals surface area contributed by atoms with Crippen molar-refractivity contribution in [1.82, 2.24) is 4.90 Å². The molecule has 0 unspecified atom stereocenters. The number of anilines is 2. The van der Waals surface area contributed by atoms with Crippen molar-refractivity contribution in [2.45, 2.75) is 0 Å². The van der Waals surface area contributed by atoms with Crippen LogP contribution in [0, 0.1) is 0 Å². The number of benzene rings is 1. The first-order chi connectivity index (χ1) is 7.34. The molecule has 0 atom stereocenters. The molecular formula is C12H13N3.